The Morgan fingerprint density at radius 3 is 2.00 bits per heavy atom. The maximum atomic E-state index is 13.1. The highest BCUT2D eigenvalue weighted by Gasteiger charge is 2.41. The lowest BCUT2D eigenvalue weighted by molar-refractivity contribution is -0.145. The smallest absolute Gasteiger partial charge is 0.248 e. The number of aliphatic hydroxyl groups is 1. The fourth-order valence-corrected chi connectivity index (χ4v) is 4.24. The monoisotopic (exact) mass is 480 g/mol. The van der Waals surface area contributed by atoms with E-state index in [1.165, 1.54) is 4.90 Å². The van der Waals surface area contributed by atoms with Gasteiger partial charge in [-0.25, -0.2) is 0 Å². The highest BCUT2D eigenvalue weighted by atomic mass is 16.3. The maximum Gasteiger partial charge on any atom is 0.248 e. The molecule has 3 rings (SSSR count). The molecule has 6 N–H and O–H groups in total. The third-order valence-corrected chi connectivity index (χ3v) is 6.15. The Hall–Kier alpha value is -3.40. The van der Waals surface area contributed by atoms with Gasteiger partial charge >= 0.3 is 0 Å². The second kappa shape index (κ2) is 12.3. The summed E-state index contributed by atoms with van der Waals surface area (Å²) in [6.07, 6.45) is 1.30. The largest absolute Gasteiger partial charge is 0.394 e. The molecule has 1 fully saturated rings. The molecule has 0 unspecified atom stereocenters. The van der Waals surface area contributed by atoms with Crippen molar-refractivity contribution in [3.05, 3.63) is 71.8 Å². The zero-order valence-corrected chi connectivity index (χ0v) is 19.5. The van der Waals surface area contributed by atoms with Crippen molar-refractivity contribution in [3.8, 4) is 0 Å². The van der Waals surface area contributed by atoms with E-state index in [-0.39, 0.29) is 19.4 Å². The summed E-state index contributed by atoms with van der Waals surface area (Å²) in [6.45, 7) is -0.430. The number of carbonyl (C=O) groups is 4. The molecule has 9 heteroatoms. The first-order chi connectivity index (χ1) is 16.8. The van der Waals surface area contributed by atoms with Gasteiger partial charge in [-0.2, -0.15) is 0 Å². The van der Waals surface area contributed by atoms with E-state index in [1.807, 2.05) is 60.7 Å². The SMILES string of the molecule is N[C@@H](Cc1ccccc1)C(=O)N[C@@H](CO)C(=O)N1CCC[C@H]1C(=O)C(=O)[C@@H](N)Cc1ccccc1. The minimum absolute atomic E-state index is 0.209. The fourth-order valence-electron chi connectivity index (χ4n) is 4.24. The van der Waals surface area contributed by atoms with E-state index in [0.29, 0.717) is 12.8 Å². The van der Waals surface area contributed by atoms with Crippen LogP contribution in [0.3, 0.4) is 0 Å². The lowest BCUT2D eigenvalue weighted by atomic mass is 9.96. The predicted molar refractivity (Wildman–Crippen MR) is 130 cm³/mol. The van der Waals surface area contributed by atoms with Gasteiger partial charge in [-0.05, 0) is 36.8 Å². The molecule has 2 aromatic rings. The van der Waals surface area contributed by atoms with E-state index in [4.69, 9.17) is 11.5 Å². The highest BCUT2D eigenvalue weighted by molar-refractivity contribution is 6.41. The number of nitrogens with one attached hydrogen (secondary N) is 1. The first-order valence-electron chi connectivity index (χ1n) is 11.7. The van der Waals surface area contributed by atoms with E-state index in [2.05, 4.69) is 5.32 Å². The van der Waals surface area contributed by atoms with Gasteiger partial charge in [0.05, 0.1) is 24.7 Å². The number of carbonyl (C=O) groups excluding carboxylic acids is 4. The van der Waals surface area contributed by atoms with Crippen molar-refractivity contribution in [3.63, 3.8) is 0 Å². The first kappa shape index (κ1) is 26.2. The zero-order chi connectivity index (χ0) is 25.4. The summed E-state index contributed by atoms with van der Waals surface area (Å²) in [5.74, 6) is -2.70. The van der Waals surface area contributed by atoms with Crippen LogP contribution in [0.25, 0.3) is 0 Å². The molecule has 1 aliphatic heterocycles. The molecule has 1 aliphatic rings. The Balaban J connectivity index is 1.61. The van der Waals surface area contributed by atoms with Crippen LogP contribution < -0.4 is 16.8 Å². The van der Waals surface area contributed by atoms with E-state index >= 15 is 0 Å². The summed E-state index contributed by atoms with van der Waals surface area (Å²) in [4.78, 5) is 52.6. The van der Waals surface area contributed by atoms with Crippen LogP contribution in [0.1, 0.15) is 24.0 Å². The van der Waals surface area contributed by atoms with Crippen LogP contribution >= 0.6 is 0 Å². The Bertz CT molecular complexity index is 1030. The van der Waals surface area contributed by atoms with Gasteiger partial charge in [-0.15, -0.1) is 0 Å². The molecule has 9 nitrogen and oxygen atoms in total. The van der Waals surface area contributed by atoms with Crippen LogP contribution in [0.2, 0.25) is 0 Å². The van der Waals surface area contributed by atoms with Crippen molar-refractivity contribution >= 4 is 23.4 Å². The van der Waals surface area contributed by atoms with Crippen molar-refractivity contribution in [1.29, 1.82) is 0 Å². The van der Waals surface area contributed by atoms with Crippen LogP contribution in [0.4, 0.5) is 0 Å². The van der Waals surface area contributed by atoms with Gasteiger partial charge in [0.1, 0.15) is 6.04 Å². The number of Topliss-reactive ketones (excluding diaryl/α,β-unsaturated/α-hetero) is 2. The topological polar surface area (TPSA) is 156 Å². The van der Waals surface area contributed by atoms with Crippen molar-refractivity contribution in [2.75, 3.05) is 13.2 Å². The molecule has 0 spiro atoms. The van der Waals surface area contributed by atoms with E-state index in [0.717, 1.165) is 11.1 Å². The maximum absolute atomic E-state index is 13.1. The minimum Gasteiger partial charge on any atom is -0.394 e. The molecule has 0 radical (unpaired) electrons. The Labute approximate surface area is 204 Å². The van der Waals surface area contributed by atoms with Crippen LogP contribution in [0, 0.1) is 0 Å². The quantitative estimate of drug-likeness (QED) is 0.323. The third kappa shape index (κ3) is 6.82. The number of nitrogens with zero attached hydrogens (tertiary/aromatic N) is 1. The number of amides is 2. The minimum atomic E-state index is -1.27. The summed E-state index contributed by atoms with van der Waals surface area (Å²) in [6, 6.07) is 14.1. The molecule has 4 atom stereocenters. The fraction of sp³-hybridized carbons (Fsp3) is 0.385. The Kier molecular flexibility index (Phi) is 9.25. The second-order valence-electron chi connectivity index (χ2n) is 8.75. The third-order valence-electron chi connectivity index (χ3n) is 6.15. The van der Waals surface area contributed by atoms with Crippen molar-refractivity contribution in [2.24, 2.45) is 11.5 Å². The molecule has 0 aliphatic carbocycles. The molecular formula is C26H32N4O5. The van der Waals surface area contributed by atoms with Crippen LogP contribution in [0.15, 0.2) is 60.7 Å². The number of ketones is 2. The first-order valence-corrected chi connectivity index (χ1v) is 11.7. The van der Waals surface area contributed by atoms with E-state index < -0.39 is 54.2 Å². The van der Waals surface area contributed by atoms with Gasteiger partial charge in [-0.1, -0.05) is 60.7 Å². The highest BCUT2D eigenvalue weighted by Crippen LogP contribution is 2.20. The normalized spacial score (nSPS) is 17.9. The van der Waals surface area contributed by atoms with Crippen LogP contribution in [0.5, 0.6) is 0 Å². The van der Waals surface area contributed by atoms with Gasteiger partial charge in [0.2, 0.25) is 23.4 Å². The zero-order valence-electron chi connectivity index (χ0n) is 19.5. The molecule has 35 heavy (non-hydrogen) atoms. The molecule has 0 saturated carbocycles. The average molecular weight is 481 g/mol. The molecule has 0 aromatic heterocycles. The number of aliphatic hydroxyl groups excluding tert-OH is 1. The van der Waals surface area contributed by atoms with Gasteiger partial charge in [-0.3, -0.25) is 19.2 Å². The van der Waals surface area contributed by atoms with Crippen molar-refractivity contribution in [1.82, 2.24) is 10.2 Å². The molecule has 1 saturated heterocycles. The van der Waals surface area contributed by atoms with Crippen molar-refractivity contribution in [2.45, 2.75) is 49.9 Å². The lowest BCUT2D eigenvalue weighted by Gasteiger charge is -2.28. The van der Waals surface area contributed by atoms with Gasteiger partial charge < -0.3 is 26.8 Å². The van der Waals surface area contributed by atoms with Crippen LogP contribution in [-0.4, -0.2) is 70.7 Å². The average Bonchev–Trinajstić information content (AvgIpc) is 3.37. The standard InChI is InChI=1S/C26H32N4O5/c27-19(14-17-8-3-1-4-9-17)23(32)24(33)22-12-7-13-30(22)26(35)21(16-31)29-25(34)20(28)15-18-10-5-2-6-11-18/h1-6,8-11,19-22,31H,7,12-16,27-28H2,(H,29,34)/t19-,20-,21-,22-/m0/s1. The number of likely N-dealkylation sites (tertiary alicyclic amines) is 1. The molecule has 2 amide bonds. The van der Waals surface area contributed by atoms with Crippen molar-refractivity contribution < 1.29 is 24.3 Å². The second-order valence-corrected chi connectivity index (χ2v) is 8.75. The van der Waals surface area contributed by atoms with E-state index in [9.17, 15) is 24.3 Å². The molecule has 186 valence electrons. The molecule has 0 bridgehead atoms. The number of benzene rings is 2. The van der Waals surface area contributed by atoms with Gasteiger partial charge in [0.15, 0.2) is 0 Å². The summed E-state index contributed by atoms with van der Waals surface area (Å²) < 4.78 is 0. The molecular weight excluding hydrogens is 448 g/mol. The number of hydrogen-bond acceptors (Lipinski definition) is 7. The van der Waals surface area contributed by atoms with Gasteiger partial charge in [0, 0.05) is 6.54 Å². The Morgan fingerprint density at radius 2 is 1.46 bits per heavy atom. The van der Waals surface area contributed by atoms with Crippen LogP contribution in [-0.2, 0) is 32.0 Å². The molecule has 2 aromatic carbocycles. The number of hydrogen-bond donors (Lipinski definition) is 4. The molecule has 1 heterocycles. The summed E-state index contributed by atoms with van der Waals surface area (Å²) in [5.41, 5.74) is 13.7. The number of rotatable bonds is 11. The van der Waals surface area contributed by atoms with Gasteiger partial charge in [0.25, 0.3) is 0 Å². The van der Waals surface area contributed by atoms with E-state index in [1.54, 1.807) is 0 Å². The summed E-state index contributed by atoms with van der Waals surface area (Å²) >= 11 is 0. The lowest BCUT2D eigenvalue weighted by Crippen LogP contribution is -2.57. The number of nitrogens with two attached hydrogens (primary N) is 2. The Morgan fingerprint density at radius 1 is 0.914 bits per heavy atom. The summed E-state index contributed by atoms with van der Waals surface area (Å²) in [5, 5.41) is 12.3. The summed E-state index contributed by atoms with van der Waals surface area (Å²) in [7, 11) is 0. The predicted octanol–water partition coefficient (Wildman–Crippen LogP) is -0.267.